The molecule has 1 saturated heterocycles. The van der Waals surface area contributed by atoms with Crippen molar-refractivity contribution in [3.05, 3.63) is 0 Å². The molecule has 0 spiro atoms. The molecule has 0 bridgehead atoms. The van der Waals surface area contributed by atoms with E-state index < -0.39 is 0 Å². The van der Waals surface area contributed by atoms with E-state index in [1.165, 1.54) is 13.5 Å². The van der Waals surface area contributed by atoms with Crippen LogP contribution in [0.2, 0.25) is 0 Å². The van der Waals surface area contributed by atoms with E-state index in [4.69, 9.17) is 0 Å². The number of ether oxygens (including phenoxy) is 1. The Kier molecular flexibility index (Phi) is 5.77. The van der Waals surface area contributed by atoms with Crippen molar-refractivity contribution < 1.29 is 9.53 Å². The molecule has 1 fully saturated rings. The second-order valence-electron chi connectivity index (χ2n) is 4.52. The molecule has 1 aliphatic heterocycles. The van der Waals surface area contributed by atoms with E-state index in [2.05, 4.69) is 28.5 Å². The van der Waals surface area contributed by atoms with Crippen LogP contribution in [0, 0.1) is 0 Å². The quantitative estimate of drug-likeness (QED) is 0.656. The summed E-state index contributed by atoms with van der Waals surface area (Å²) in [7, 11) is 3.64. The number of piperazine rings is 1. The van der Waals surface area contributed by atoms with Gasteiger partial charge in [-0.1, -0.05) is 6.92 Å². The van der Waals surface area contributed by atoms with Gasteiger partial charge in [0, 0.05) is 32.1 Å². The number of methoxy groups -OCH3 is 1. The molecular formula is C12H24N2O2. The minimum atomic E-state index is -0.0961. The Morgan fingerprint density at radius 1 is 1.44 bits per heavy atom. The molecular weight excluding hydrogens is 204 g/mol. The third-order valence-electron chi connectivity index (χ3n) is 3.42. The highest BCUT2D eigenvalue weighted by Gasteiger charge is 2.22. The molecule has 4 nitrogen and oxygen atoms in total. The van der Waals surface area contributed by atoms with Crippen LogP contribution in [-0.4, -0.2) is 62.1 Å². The van der Waals surface area contributed by atoms with Gasteiger partial charge in [0.15, 0.2) is 0 Å². The summed E-state index contributed by atoms with van der Waals surface area (Å²) in [6.07, 6.45) is 2.65. The molecule has 0 radical (unpaired) electrons. The Labute approximate surface area is 98.5 Å². The SMILES string of the molecule is CCC1CN(CCCC(=O)OC)CCN1C. The van der Waals surface area contributed by atoms with Gasteiger partial charge in [-0.3, -0.25) is 4.79 Å². The van der Waals surface area contributed by atoms with Crippen LogP contribution in [-0.2, 0) is 9.53 Å². The maximum Gasteiger partial charge on any atom is 0.305 e. The first-order valence-corrected chi connectivity index (χ1v) is 6.16. The van der Waals surface area contributed by atoms with Crippen LogP contribution in [0.25, 0.3) is 0 Å². The van der Waals surface area contributed by atoms with Crippen molar-refractivity contribution >= 4 is 5.97 Å². The number of hydrogen-bond donors (Lipinski definition) is 0. The third-order valence-corrected chi connectivity index (χ3v) is 3.42. The lowest BCUT2D eigenvalue weighted by atomic mass is 10.1. The molecule has 0 N–H and O–H groups in total. The summed E-state index contributed by atoms with van der Waals surface area (Å²) in [5, 5.41) is 0. The topological polar surface area (TPSA) is 32.8 Å². The molecule has 1 heterocycles. The molecule has 0 aromatic carbocycles. The fourth-order valence-corrected chi connectivity index (χ4v) is 2.20. The first-order valence-electron chi connectivity index (χ1n) is 6.16. The Morgan fingerprint density at radius 2 is 2.19 bits per heavy atom. The number of rotatable bonds is 5. The number of hydrogen-bond acceptors (Lipinski definition) is 4. The minimum absolute atomic E-state index is 0.0961. The first-order chi connectivity index (χ1) is 7.67. The number of nitrogens with zero attached hydrogens (tertiary/aromatic N) is 2. The second kappa shape index (κ2) is 6.86. The number of carbonyl (C=O) groups is 1. The van der Waals surface area contributed by atoms with Crippen molar-refractivity contribution in [2.24, 2.45) is 0 Å². The zero-order valence-corrected chi connectivity index (χ0v) is 10.7. The van der Waals surface area contributed by atoms with E-state index in [9.17, 15) is 4.79 Å². The lowest BCUT2D eigenvalue weighted by Crippen LogP contribution is -2.51. The molecule has 0 aromatic rings. The largest absolute Gasteiger partial charge is 0.469 e. The first kappa shape index (κ1) is 13.5. The van der Waals surface area contributed by atoms with Crippen molar-refractivity contribution in [3.8, 4) is 0 Å². The van der Waals surface area contributed by atoms with Crippen LogP contribution < -0.4 is 0 Å². The molecule has 0 aromatic heterocycles. The van der Waals surface area contributed by atoms with E-state index >= 15 is 0 Å². The number of likely N-dealkylation sites (N-methyl/N-ethyl adjacent to an activating group) is 1. The second-order valence-corrected chi connectivity index (χ2v) is 4.52. The van der Waals surface area contributed by atoms with Gasteiger partial charge >= 0.3 is 5.97 Å². The molecule has 1 unspecified atom stereocenters. The smallest absolute Gasteiger partial charge is 0.305 e. The maximum absolute atomic E-state index is 11.0. The Hall–Kier alpha value is -0.610. The lowest BCUT2D eigenvalue weighted by Gasteiger charge is -2.39. The fraction of sp³-hybridized carbons (Fsp3) is 0.917. The monoisotopic (exact) mass is 228 g/mol. The van der Waals surface area contributed by atoms with Gasteiger partial charge in [-0.2, -0.15) is 0 Å². The van der Waals surface area contributed by atoms with Crippen molar-refractivity contribution in [2.45, 2.75) is 32.2 Å². The van der Waals surface area contributed by atoms with Gasteiger partial charge in [0.1, 0.15) is 0 Å². The van der Waals surface area contributed by atoms with E-state index in [1.54, 1.807) is 0 Å². The standard InChI is InChI=1S/C12H24N2O2/c1-4-11-10-14(9-8-13(11)2)7-5-6-12(15)16-3/h11H,4-10H2,1-3H3. The predicted octanol–water partition coefficient (Wildman–Crippen LogP) is 0.966. The highest BCUT2D eigenvalue weighted by Crippen LogP contribution is 2.11. The normalized spacial score (nSPS) is 23.3. The summed E-state index contributed by atoms with van der Waals surface area (Å²) < 4.78 is 4.63. The fourth-order valence-electron chi connectivity index (χ4n) is 2.20. The summed E-state index contributed by atoms with van der Waals surface area (Å²) in [6, 6.07) is 0.673. The maximum atomic E-state index is 11.0. The highest BCUT2D eigenvalue weighted by atomic mass is 16.5. The summed E-state index contributed by atoms with van der Waals surface area (Å²) in [6.45, 7) is 6.64. The lowest BCUT2D eigenvalue weighted by molar-refractivity contribution is -0.140. The number of esters is 1. The Balaban J connectivity index is 2.20. The van der Waals surface area contributed by atoms with E-state index in [1.807, 2.05) is 0 Å². The van der Waals surface area contributed by atoms with E-state index in [-0.39, 0.29) is 5.97 Å². The molecule has 0 amide bonds. The molecule has 0 aliphatic carbocycles. The van der Waals surface area contributed by atoms with E-state index in [0.29, 0.717) is 12.5 Å². The van der Waals surface area contributed by atoms with Crippen LogP contribution in [0.1, 0.15) is 26.2 Å². The van der Waals surface area contributed by atoms with E-state index in [0.717, 1.165) is 32.6 Å². The molecule has 16 heavy (non-hydrogen) atoms. The van der Waals surface area contributed by atoms with Crippen LogP contribution in [0.4, 0.5) is 0 Å². The Morgan fingerprint density at radius 3 is 2.81 bits per heavy atom. The summed E-state index contributed by atoms with van der Waals surface area (Å²) in [4.78, 5) is 15.9. The van der Waals surface area contributed by atoms with Crippen LogP contribution in [0.3, 0.4) is 0 Å². The van der Waals surface area contributed by atoms with Crippen LogP contribution >= 0.6 is 0 Å². The van der Waals surface area contributed by atoms with Gasteiger partial charge in [0.25, 0.3) is 0 Å². The average Bonchev–Trinajstić information content (AvgIpc) is 2.31. The zero-order valence-electron chi connectivity index (χ0n) is 10.7. The van der Waals surface area contributed by atoms with Gasteiger partial charge in [-0.15, -0.1) is 0 Å². The van der Waals surface area contributed by atoms with Crippen LogP contribution in [0.15, 0.2) is 0 Å². The summed E-state index contributed by atoms with van der Waals surface area (Å²) in [5.74, 6) is -0.0961. The molecule has 94 valence electrons. The number of carbonyl (C=O) groups excluding carboxylic acids is 1. The van der Waals surface area contributed by atoms with Crippen molar-refractivity contribution in [2.75, 3.05) is 40.3 Å². The minimum Gasteiger partial charge on any atom is -0.469 e. The molecule has 1 aliphatic rings. The van der Waals surface area contributed by atoms with Crippen LogP contribution in [0.5, 0.6) is 0 Å². The summed E-state index contributed by atoms with van der Waals surface area (Å²) >= 11 is 0. The molecule has 1 rings (SSSR count). The average molecular weight is 228 g/mol. The van der Waals surface area contributed by atoms with Crippen molar-refractivity contribution in [1.29, 1.82) is 0 Å². The molecule has 1 atom stereocenters. The van der Waals surface area contributed by atoms with Crippen molar-refractivity contribution in [3.63, 3.8) is 0 Å². The van der Waals surface area contributed by atoms with Gasteiger partial charge in [0.05, 0.1) is 7.11 Å². The molecule has 0 saturated carbocycles. The van der Waals surface area contributed by atoms with Gasteiger partial charge in [0.2, 0.25) is 0 Å². The third kappa shape index (κ3) is 4.10. The zero-order chi connectivity index (χ0) is 12.0. The Bertz CT molecular complexity index is 221. The molecule has 4 heteroatoms. The van der Waals surface area contributed by atoms with Gasteiger partial charge in [-0.05, 0) is 26.4 Å². The van der Waals surface area contributed by atoms with Crippen molar-refractivity contribution in [1.82, 2.24) is 9.80 Å². The highest BCUT2D eigenvalue weighted by molar-refractivity contribution is 5.69. The van der Waals surface area contributed by atoms with Gasteiger partial charge in [-0.25, -0.2) is 0 Å². The summed E-state index contributed by atoms with van der Waals surface area (Å²) in [5.41, 5.74) is 0. The predicted molar refractivity (Wildman–Crippen MR) is 64.4 cm³/mol. The van der Waals surface area contributed by atoms with Gasteiger partial charge < -0.3 is 14.5 Å².